The zero-order valence-corrected chi connectivity index (χ0v) is 27.3. The first-order chi connectivity index (χ1) is 21.4. The Morgan fingerprint density at radius 2 is 1.42 bits per heavy atom. The maximum atomic E-state index is 14.3. The maximum absolute atomic E-state index is 14.3. The number of carbonyl (C=O) groups excluding carboxylic acids is 2. The van der Waals surface area contributed by atoms with Crippen molar-refractivity contribution in [2.75, 3.05) is 7.11 Å². The molecule has 0 fully saturated rings. The van der Waals surface area contributed by atoms with Crippen LogP contribution in [0.4, 0.5) is 4.39 Å². The van der Waals surface area contributed by atoms with Crippen LogP contribution in [0, 0.1) is 16.6 Å². The van der Waals surface area contributed by atoms with Crippen LogP contribution < -0.4 is 9.47 Å². The van der Waals surface area contributed by atoms with Gasteiger partial charge in [-0.15, -0.1) is 0 Å². The Morgan fingerprint density at radius 3 is 2.00 bits per heavy atom. The summed E-state index contributed by atoms with van der Waals surface area (Å²) in [4.78, 5) is 30.6. The van der Waals surface area contributed by atoms with E-state index < -0.39 is 5.92 Å². The molecular formula is C38H39ClFNO4. The fourth-order valence-corrected chi connectivity index (χ4v) is 7.42. The van der Waals surface area contributed by atoms with Gasteiger partial charge in [0.15, 0.2) is 23.1 Å². The van der Waals surface area contributed by atoms with Crippen LogP contribution in [0.5, 0.6) is 11.5 Å². The van der Waals surface area contributed by atoms with E-state index in [1.54, 1.807) is 24.3 Å². The molecule has 7 heteroatoms. The zero-order valence-electron chi connectivity index (χ0n) is 26.5. The Labute approximate surface area is 269 Å². The topological polar surface area (TPSA) is 55.8 Å². The number of nitrogens with zero attached hydrogens (tertiary/aromatic N) is 1. The predicted octanol–water partition coefficient (Wildman–Crippen LogP) is 8.95. The lowest BCUT2D eigenvalue weighted by molar-refractivity contribution is -0.119. The van der Waals surface area contributed by atoms with E-state index in [0.717, 1.165) is 17.0 Å². The molecule has 5 nitrogen and oxygen atoms in total. The first-order valence-electron chi connectivity index (χ1n) is 15.4. The molecular weight excluding hydrogens is 589 g/mol. The van der Waals surface area contributed by atoms with Gasteiger partial charge in [-0.3, -0.25) is 9.59 Å². The van der Waals surface area contributed by atoms with E-state index in [2.05, 4.69) is 44.7 Å². The highest BCUT2D eigenvalue weighted by molar-refractivity contribution is 6.32. The minimum absolute atomic E-state index is 0.0360. The number of Topliss-reactive ketones (excluding diaryl/α,β-unsaturated/α-hetero) is 2. The molecule has 3 aromatic carbocycles. The second kappa shape index (κ2) is 11.8. The largest absolute Gasteiger partial charge is 0.493 e. The zero-order chi connectivity index (χ0) is 32.1. The van der Waals surface area contributed by atoms with Crippen molar-refractivity contribution in [3.8, 4) is 11.5 Å². The summed E-state index contributed by atoms with van der Waals surface area (Å²) in [6.07, 6.45) is 2.19. The highest BCUT2D eigenvalue weighted by atomic mass is 35.5. The highest BCUT2D eigenvalue weighted by Gasteiger charge is 2.49. The molecule has 1 aliphatic heterocycles. The van der Waals surface area contributed by atoms with Gasteiger partial charge in [-0.1, -0.05) is 87.8 Å². The van der Waals surface area contributed by atoms with Gasteiger partial charge in [0, 0.05) is 53.4 Å². The molecule has 0 bridgehead atoms. The van der Waals surface area contributed by atoms with Gasteiger partial charge in [0.2, 0.25) is 0 Å². The minimum Gasteiger partial charge on any atom is -0.493 e. The molecule has 0 unspecified atom stereocenters. The van der Waals surface area contributed by atoms with Crippen LogP contribution in [-0.2, 0) is 22.7 Å². The van der Waals surface area contributed by atoms with Crippen molar-refractivity contribution in [2.24, 2.45) is 10.8 Å². The Hall–Kier alpha value is -3.90. The van der Waals surface area contributed by atoms with Crippen LogP contribution in [0.3, 0.4) is 0 Å². The number of allylic oxidation sites excluding steroid dienone is 4. The standard InChI is InChI=1S/C38H39ClFNO4/c1-37(2)17-28-34(30(42)19-37)33(25-15-26(39)36(32(16-25)44-5)45-22-24-13-9-10-14-27(24)40)35-29(18-38(3,4)20-31(35)43)41(28)21-23-11-7-6-8-12-23/h6-16,33H,17-22H2,1-5H3. The third kappa shape index (κ3) is 6.05. The summed E-state index contributed by atoms with van der Waals surface area (Å²) in [5.41, 5.74) is 5.01. The van der Waals surface area contributed by atoms with E-state index in [4.69, 9.17) is 21.1 Å². The molecule has 1 heterocycles. The van der Waals surface area contributed by atoms with Crippen molar-refractivity contribution >= 4 is 23.2 Å². The van der Waals surface area contributed by atoms with Crippen LogP contribution in [0.25, 0.3) is 0 Å². The Bertz CT molecular complexity index is 1690. The number of hydrogen-bond acceptors (Lipinski definition) is 5. The van der Waals surface area contributed by atoms with E-state index in [9.17, 15) is 14.0 Å². The van der Waals surface area contributed by atoms with Gasteiger partial charge in [-0.25, -0.2) is 4.39 Å². The van der Waals surface area contributed by atoms with E-state index >= 15 is 0 Å². The van der Waals surface area contributed by atoms with E-state index in [1.807, 2.05) is 24.3 Å². The summed E-state index contributed by atoms with van der Waals surface area (Å²) in [5, 5.41) is 0.267. The molecule has 0 radical (unpaired) electrons. The number of ketones is 2. The van der Waals surface area contributed by atoms with Crippen LogP contribution in [0.2, 0.25) is 5.02 Å². The van der Waals surface area contributed by atoms with Crippen molar-refractivity contribution in [2.45, 2.75) is 72.4 Å². The third-order valence-electron chi connectivity index (χ3n) is 9.12. The summed E-state index contributed by atoms with van der Waals surface area (Å²) in [5.74, 6) is -0.226. The molecule has 2 aliphatic carbocycles. The van der Waals surface area contributed by atoms with Gasteiger partial charge < -0.3 is 14.4 Å². The Balaban J connectivity index is 1.51. The summed E-state index contributed by atoms with van der Waals surface area (Å²) >= 11 is 6.88. The molecule has 6 rings (SSSR count). The monoisotopic (exact) mass is 627 g/mol. The molecule has 0 saturated heterocycles. The Morgan fingerprint density at radius 1 is 0.844 bits per heavy atom. The van der Waals surface area contributed by atoms with E-state index in [1.165, 1.54) is 13.2 Å². The number of halogens is 2. The average Bonchev–Trinajstić information content (AvgIpc) is 2.97. The van der Waals surface area contributed by atoms with Gasteiger partial charge in [-0.2, -0.15) is 0 Å². The van der Waals surface area contributed by atoms with Crippen LogP contribution in [-0.4, -0.2) is 23.6 Å². The van der Waals surface area contributed by atoms with Crippen LogP contribution >= 0.6 is 11.6 Å². The second-order valence-electron chi connectivity index (χ2n) is 14.0. The molecule has 45 heavy (non-hydrogen) atoms. The van der Waals surface area contributed by atoms with E-state index in [0.29, 0.717) is 60.3 Å². The fraction of sp³-hybridized carbons (Fsp3) is 0.368. The van der Waals surface area contributed by atoms with Crippen molar-refractivity contribution in [1.29, 1.82) is 0 Å². The lowest BCUT2D eigenvalue weighted by Gasteiger charge is -2.49. The normalized spacial score (nSPS) is 19.4. The van der Waals surface area contributed by atoms with Gasteiger partial charge in [-0.05, 0) is 53.0 Å². The summed E-state index contributed by atoms with van der Waals surface area (Å²) in [6, 6.07) is 20.2. The molecule has 0 aromatic heterocycles. The van der Waals surface area contributed by atoms with Crippen molar-refractivity contribution in [1.82, 2.24) is 4.90 Å². The van der Waals surface area contributed by atoms with Crippen molar-refractivity contribution in [3.63, 3.8) is 0 Å². The molecule has 0 amide bonds. The Kier molecular flexibility index (Phi) is 8.15. The number of methoxy groups -OCH3 is 1. The number of carbonyl (C=O) groups is 2. The van der Waals surface area contributed by atoms with Gasteiger partial charge in [0.05, 0.1) is 12.1 Å². The highest BCUT2D eigenvalue weighted by Crippen LogP contribution is 2.55. The first kappa shape index (κ1) is 31.1. The number of rotatable bonds is 7. The van der Waals surface area contributed by atoms with Crippen molar-refractivity contribution in [3.05, 3.63) is 117 Å². The molecule has 3 aliphatic rings. The van der Waals surface area contributed by atoms with Crippen molar-refractivity contribution < 1.29 is 23.5 Å². The summed E-state index contributed by atoms with van der Waals surface area (Å²) in [6.45, 7) is 9.06. The van der Waals surface area contributed by atoms with Crippen LogP contribution in [0.1, 0.15) is 76.0 Å². The number of ether oxygens (including phenoxy) is 2. The second-order valence-corrected chi connectivity index (χ2v) is 14.4. The minimum atomic E-state index is -0.582. The van der Waals surface area contributed by atoms with Gasteiger partial charge in [0.1, 0.15) is 12.4 Å². The van der Waals surface area contributed by atoms with E-state index in [-0.39, 0.29) is 45.6 Å². The molecule has 0 N–H and O–H groups in total. The fourth-order valence-electron chi connectivity index (χ4n) is 7.15. The van der Waals surface area contributed by atoms with Gasteiger partial charge in [0.25, 0.3) is 0 Å². The molecule has 0 saturated carbocycles. The number of hydrogen-bond donors (Lipinski definition) is 0. The molecule has 0 spiro atoms. The lowest BCUT2D eigenvalue weighted by Crippen LogP contribution is -2.44. The summed E-state index contributed by atoms with van der Waals surface area (Å²) < 4.78 is 26.1. The quantitative estimate of drug-likeness (QED) is 0.262. The summed E-state index contributed by atoms with van der Waals surface area (Å²) in [7, 11) is 1.52. The first-order valence-corrected chi connectivity index (χ1v) is 15.8. The average molecular weight is 628 g/mol. The molecule has 0 atom stereocenters. The SMILES string of the molecule is COc1cc(C2C3=C(CC(C)(C)CC3=O)N(Cc3ccccc3)C3=C2C(=O)CC(C)(C)C3)cc(Cl)c1OCc1ccccc1F. The molecule has 234 valence electrons. The lowest BCUT2D eigenvalue weighted by atomic mass is 9.63. The third-order valence-corrected chi connectivity index (χ3v) is 9.40. The van der Waals surface area contributed by atoms with Crippen LogP contribution in [0.15, 0.2) is 89.3 Å². The number of benzene rings is 3. The smallest absolute Gasteiger partial charge is 0.180 e. The maximum Gasteiger partial charge on any atom is 0.180 e. The predicted molar refractivity (Wildman–Crippen MR) is 174 cm³/mol. The van der Waals surface area contributed by atoms with Gasteiger partial charge >= 0.3 is 0 Å². The molecule has 3 aromatic rings.